The molecule has 0 bridgehead atoms. The molecule has 2 rings (SSSR count). The van der Waals surface area contributed by atoms with Gasteiger partial charge in [-0.2, -0.15) is 5.26 Å². The highest BCUT2D eigenvalue weighted by atomic mass is 15.1. The van der Waals surface area contributed by atoms with E-state index in [1.165, 1.54) is 5.56 Å². The Morgan fingerprint density at radius 1 is 1.10 bits per heavy atom. The third-order valence-corrected chi connectivity index (χ3v) is 3.14. The van der Waals surface area contributed by atoms with Crippen molar-refractivity contribution in [2.45, 2.75) is 6.54 Å². The molecule has 104 valence electrons. The summed E-state index contributed by atoms with van der Waals surface area (Å²) in [6, 6.07) is 17.9. The Morgan fingerprint density at radius 3 is 2.48 bits per heavy atom. The van der Waals surface area contributed by atoms with E-state index in [0.29, 0.717) is 12.1 Å². The number of nitrogens with zero attached hydrogens (tertiary/aromatic N) is 2. The lowest BCUT2D eigenvalue weighted by molar-refractivity contribution is 0.921. The summed E-state index contributed by atoms with van der Waals surface area (Å²) in [7, 11) is 1.98. The number of hydrogen-bond acceptors (Lipinski definition) is 3. The van der Waals surface area contributed by atoms with Crippen molar-refractivity contribution >= 4 is 5.69 Å². The fourth-order valence-electron chi connectivity index (χ4n) is 2.11. The van der Waals surface area contributed by atoms with Crippen molar-refractivity contribution in [2.75, 3.05) is 18.5 Å². The minimum atomic E-state index is 0.370. The van der Waals surface area contributed by atoms with Crippen LogP contribution in [0.25, 0.3) is 0 Å². The van der Waals surface area contributed by atoms with E-state index < -0.39 is 0 Å². The Kier molecular flexibility index (Phi) is 4.99. The second kappa shape index (κ2) is 7.14. The number of hydrogen-bond donors (Lipinski definition) is 1. The van der Waals surface area contributed by atoms with Gasteiger partial charge in [-0.1, -0.05) is 36.1 Å². The van der Waals surface area contributed by atoms with Gasteiger partial charge in [0.05, 0.1) is 17.8 Å². The largest absolute Gasteiger partial charge is 0.369 e. The Hall–Kier alpha value is -2.75. The van der Waals surface area contributed by atoms with Crippen LogP contribution in [-0.4, -0.2) is 13.6 Å². The first-order valence-electron chi connectivity index (χ1n) is 6.72. The number of anilines is 1. The zero-order valence-corrected chi connectivity index (χ0v) is 12.0. The van der Waals surface area contributed by atoms with Gasteiger partial charge < -0.3 is 10.6 Å². The highest BCUT2D eigenvalue weighted by molar-refractivity contribution is 5.58. The van der Waals surface area contributed by atoms with E-state index in [-0.39, 0.29) is 0 Å². The molecule has 0 aliphatic rings. The minimum Gasteiger partial charge on any atom is -0.369 e. The lowest BCUT2D eigenvalue weighted by Gasteiger charge is -2.20. The minimum absolute atomic E-state index is 0.370. The van der Waals surface area contributed by atoms with Crippen LogP contribution < -0.4 is 10.6 Å². The zero-order chi connectivity index (χ0) is 15.1. The van der Waals surface area contributed by atoms with E-state index >= 15 is 0 Å². The van der Waals surface area contributed by atoms with Crippen LogP contribution in [0.3, 0.4) is 0 Å². The van der Waals surface area contributed by atoms with E-state index in [4.69, 9.17) is 11.0 Å². The van der Waals surface area contributed by atoms with Gasteiger partial charge in [0.2, 0.25) is 0 Å². The van der Waals surface area contributed by atoms with Gasteiger partial charge in [0.1, 0.15) is 6.07 Å². The number of rotatable bonds is 3. The third-order valence-electron chi connectivity index (χ3n) is 3.14. The van der Waals surface area contributed by atoms with Gasteiger partial charge in [0.25, 0.3) is 0 Å². The smallest absolute Gasteiger partial charge is 0.101 e. The van der Waals surface area contributed by atoms with Crippen molar-refractivity contribution in [3.05, 3.63) is 65.2 Å². The molecular formula is C18H17N3. The summed E-state index contributed by atoms with van der Waals surface area (Å²) in [4.78, 5) is 2.07. The van der Waals surface area contributed by atoms with Gasteiger partial charge in [0.15, 0.2) is 0 Å². The maximum absolute atomic E-state index is 9.15. The molecule has 0 atom stereocenters. The van der Waals surface area contributed by atoms with Crippen LogP contribution in [0.15, 0.2) is 48.5 Å². The summed E-state index contributed by atoms with van der Waals surface area (Å²) in [5, 5.41) is 9.15. The molecule has 0 radical (unpaired) electrons. The molecule has 0 saturated carbocycles. The summed E-state index contributed by atoms with van der Waals surface area (Å²) in [5.74, 6) is 5.84. The Morgan fingerprint density at radius 2 is 1.81 bits per heavy atom. The van der Waals surface area contributed by atoms with Gasteiger partial charge in [-0.05, 0) is 29.8 Å². The molecule has 0 amide bonds. The second-order valence-electron chi connectivity index (χ2n) is 4.69. The van der Waals surface area contributed by atoms with E-state index in [9.17, 15) is 0 Å². The van der Waals surface area contributed by atoms with E-state index in [1.54, 1.807) is 0 Å². The van der Waals surface area contributed by atoms with Crippen molar-refractivity contribution < 1.29 is 0 Å². The molecule has 3 heteroatoms. The van der Waals surface area contributed by atoms with Gasteiger partial charge in [-0.25, -0.2) is 0 Å². The first kappa shape index (κ1) is 14.7. The summed E-state index contributed by atoms with van der Waals surface area (Å²) in [5.41, 5.74) is 9.11. The maximum atomic E-state index is 9.15. The molecule has 0 aromatic heterocycles. The first-order chi connectivity index (χ1) is 10.2. The molecule has 2 aromatic carbocycles. The molecule has 21 heavy (non-hydrogen) atoms. The normalized spacial score (nSPS) is 9.38. The summed E-state index contributed by atoms with van der Waals surface area (Å²) in [6.07, 6.45) is 0. The molecule has 0 aliphatic heterocycles. The number of nitrogens with two attached hydrogens (primary N) is 1. The first-order valence-corrected chi connectivity index (χ1v) is 6.72. The van der Waals surface area contributed by atoms with Crippen LogP contribution in [0.5, 0.6) is 0 Å². The lowest BCUT2D eigenvalue weighted by atomic mass is 10.1. The van der Waals surface area contributed by atoms with Crippen molar-refractivity contribution in [3.8, 4) is 17.9 Å². The van der Waals surface area contributed by atoms with Crippen molar-refractivity contribution in [2.24, 2.45) is 5.73 Å². The van der Waals surface area contributed by atoms with Crippen LogP contribution in [-0.2, 0) is 6.54 Å². The van der Waals surface area contributed by atoms with Crippen LogP contribution in [0, 0.1) is 23.2 Å². The van der Waals surface area contributed by atoms with Crippen LogP contribution in [0.4, 0.5) is 5.69 Å². The Labute approximate surface area is 125 Å². The van der Waals surface area contributed by atoms with Gasteiger partial charge in [-0.3, -0.25) is 0 Å². The third kappa shape index (κ3) is 3.86. The van der Waals surface area contributed by atoms with Gasteiger partial charge >= 0.3 is 0 Å². The van der Waals surface area contributed by atoms with Gasteiger partial charge in [-0.15, -0.1) is 0 Å². The molecule has 2 N–H and O–H groups in total. The zero-order valence-electron chi connectivity index (χ0n) is 12.0. The van der Waals surface area contributed by atoms with Crippen molar-refractivity contribution in [1.29, 1.82) is 5.26 Å². The van der Waals surface area contributed by atoms with Crippen LogP contribution in [0.1, 0.15) is 16.7 Å². The predicted molar refractivity (Wildman–Crippen MR) is 85.6 cm³/mol. The average Bonchev–Trinajstić information content (AvgIpc) is 2.54. The molecule has 2 aromatic rings. The summed E-state index contributed by atoms with van der Waals surface area (Å²) in [6.45, 7) is 1.11. The van der Waals surface area contributed by atoms with Crippen LogP contribution in [0.2, 0.25) is 0 Å². The molecular weight excluding hydrogens is 258 g/mol. The molecule has 3 nitrogen and oxygen atoms in total. The van der Waals surface area contributed by atoms with E-state index in [2.05, 4.69) is 22.8 Å². The highest BCUT2D eigenvalue weighted by Gasteiger charge is 2.06. The van der Waals surface area contributed by atoms with E-state index in [0.717, 1.165) is 17.8 Å². The predicted octanol–water partition coefficient (Wildman–Crippen LogP) is 2.50. The van der Waals surface area contributed by atoms with Crippen molar-refractivity contribution in [1.82, 2.24) is 0 Å². The Bertz CT molecular complexity index is 700. The molecule has 0 saturated heterocycles. The molecule has 0 aliphatic carbocycles. The summed E-state index contributed by atoms with van der Waals surface area (Å²) >= 11 is 0. The second-order valence-corrected chi connectivity index (χ2v) is 4.69. The number of benzene rings is 2. The summed E-state index contributed by atoms with van der Waals surface area (Å²) < 4.78 is 0. The molecule has 0 spiro atoms. The van der Waals surface area contributed by atoms with Crippen molar-refractivity contribution in [3.63, 3.8) is 0 Å². The number of para-hydroxylation sites is 1. The van der Waals surface area contributed by atoms with E-state index in [1.807, 2.05) is 55.6 Å². The SMILES string of the molecule is CN(Cc1ccc(C#CCN)cc1)c1ccccc1C#N. The monoisotopic (exact) mass is 275 g/mol. The fraction of sp³-hybridized carbons (Fsp3) is 0.167. The maximum Gasteiger partial charge on any atom is 0.101 e. The molecule has 0 heterocycles. The standard InChI is InChI=1S/C18H17N3/c1-21(18-7-3-2-6-17(18)13-20)14-16-10-8-15(9-11-16)5-4-12-19/h2-3,6-11H,12,14,19H2,1H3. The quantitative estimate of drug-likeness (QED) is 0.876. The van der Waals surface area contributed by atoms with Gasteiger partial charge in [0, 0.05) is 19.2 Å². The highest BCUT2D eigenvalue weighted by Crippen LogP contribution is 2.20. The Balaban J connectivity index is 2.13. The fourth-order valence-corrected chi connectivity index (χ4v) is 2.11. The molecule has 0 unspecified atom stereocenters. The number of nitriles is 1. The van der Waals surface area contributed by atoms with Crippen LogP contribution >= 0.6 is 0 Å². The topological polar surface area (TPSA) is 53.0 Å². The average molecular weight is 275 g/mol. The molecule has 0 fully saturated rings. The lowest BCUT2D eigenvalue weighted by Crippen LogP contribution is -2.17.